The van der Waals surface area contributed by atoms with E-state index >= 15 is 0 Å². The molecule has 24 heteroatoms. The van der Waals surface area contributed by atoms with Crippen LogP contribution in [0.1, 0.15) is 193 Å². The smallest absolute Gasteiger partial charge is 0.243 e. The van der Waals surface area contributed by atoms with Crippen molar-refractivity contribution in [3.63, 3.8) is 0 Å². The highest BCUT2D eigenvalue weighted by Crippen LogP contribution is 2.15. The Labute approximate surface area is 458 Å². The van der Waals surface area contributed by atoms with Crippen molar-refractivity contribution in [1.29, 1.82) is 0 Å². The summed E-state index contributed by atoms with van der Waals surface area (Å²) >= 11 is 0. The van der Waals surface area contributed by atoms with Crippen molar-refractivity contribution in [2.75, 3.05) is 45.8 Å². The minimum atomic E-state index is -1.26. The second kappa shape index (κ2) is 44.8. The zero-order valence-electron chi connectivity index (χ0n) is 46.6. The summed E-state index contributed by atoms with van der Waals surface area (Å²) in [5.41, 5.74) is 34.2. The molecule has 1 rings (SSSR count). The highest BCUT2D eigenvalue weighted by atomic mass is 16.3. The van der Waals surface area contributed by atoms with E-state index in [0.717, 1.165) is 25.7 Å². The van der Waals surface area contributed by atoms with Gasteiger partial charge in [0.25, 0.3) is 0 Å². The van der Waals surface area contributed by atoms with Gasteiger partial charge in [-0.25, -0.2) is 0 Å². The van der Waals surface area contributed by atoms with Gasteiger partial charge in [0.2, 0.25) is 47.3 Å². The number of amides is 8. The van der Waals surface area contributed by atoms with E-state index in [4.69, 9.17) is 34.4 Å². The van der Waals surface area contributed by atoms with Crippen molar-refractivity contribution < 1.29 is 43.5 Å². The van der Waals surface area contributed by atoms with Gasteiger partial charge in [0.15, 0.2) is 5.96 Å². The minimum Gasteiger partial charge on any atom is -0.393 e. The lowest BCUT2D eigenvalue weighted by Crippen LogP contribution is -2.59. The Morgan fingerprint density at radius 3 is 1.49 bits per heavy atom. The van der Waals surface area contributed by atoms with Gasteiger partial charge in [-0.05, 0) is 142 Å². The third-order valence-corrected chi connectivity index (χ3v) is 13.5. The van der Waals surface area contributed by atoms with Crippen molar-refractivity contribution >= 4 is 53.2 Å². The molecule has 3 unspecified atom stereocenters. The molecular formula is C53H103N15O9. The Balaban J connectivity index is 3.42. The fourth-order valence-corrected chi connectivity index (χ4v) is 8.94. The molecule has 24 nitrogen and oxygen atoms in total. The highest BCUT2D eigenvalue weighted by molar-refractivity contribution is 5.97. The van der Waals surface area contributed by atoms with Gasteiger partial charge in [-0.15, -0.1) is 0 Å². The van der Waals surface area contributed by atoms with Crippen LogP contribution in [-0.4, -0.2) is 146 Å². The molecule has 0 aromatic carbocycles. The van der Waals surface area contributed by atoms with Crippen molar-refractivity contribution in [2.45, 2.75) is 235 Å². The van der Waals surface area contributed by atoms with Gasteiger partial charge < -0.3 is 82.0 Å². The monoisotopic (exact) mass is 1090 g/mol. The molecule has 444 valence electrons. The fraction of sp³-hybridized carbons (Fsp3) is 0.830. The molecule has 0 spiro atoms. The molecule has 77 heavy (non-hydrogen) atoms. The van der Waals surface area contributed by atoms with Gasteiger partial charge in [0.05, 0.1) is 19.1 Å². The first-order chi connectivity index (χ1) is 37.1. The number of aliphatic imine (C=N–C) groups is 1. The topological polar surface area (TPSA) is 422 Å². The minimum absolute atomic E-state index is 0.0227. The van der Waals surface area contributed by atoms with E-state index in [1.54, 1.807) is 0 Å². The number of hydrogen-bond donors (Lipinski definition) is 15. The molecule has 1 aliphatic heterocycles. The first-order valence-corrected chi connectivity index (χ1v) is 29.0. The van der Waals surface area contributed by atoms with Crippen molar-refractivity contribution in [1.82, 2.24) is 42.5 Å². The Bertz CT molecular complexity index is 1720. The van der Waals surface area contributed by atoms with Crippen molar-refractivity contribution in [2.24, 2.45) is 39.4 Å². The van der Waals surface area contributed by atoms with Gasteiger partial charge in [-0.2, -0.15) is 0 Å². The largest absolute Gasteiger partial charge is 0.393 e. The van der Waals surface area contributed by atoms with Crippen LogP contribution >= 0.6 is 0 Å². The zero-order chi connectivity index (χ0) is 57.1. The molecule has 8 amide bonds. The van der Waals surface area contributed by atoms with Crippen LogP contribution in [0.2, 0.25) is 0 Å². The van der Waals surface area contributed by atoms with Crippen LogP contribution in [0.4, 0.5) is 0 Å². The van der Waals surface area contributed by atoms with E-state index in [1.807, 2.05) is 0 Å². The van der Waals surface area contributed by atoms with E-state index in [2.05, 4.69) is 54.5 Å². The molecule has 0 aliphatic carbocycles. The van der Waals surface area contributed by atoms with Crippen molar-refractivity contribution in [3.8, 4) is 0 Å². The van der Waals surface area contributed by atoms with Crippen LogP contribution in [0.3, 0.4) is 0 Å². The number of carbonyl (C=O) groups is 8. The Kier molecular flexibility index (Phi) is 40.6. The molecule has 1 aliphatic rings. The molecule has 1 saturated heterocycles. The average molecular weight is 1090 g/mol. The van der Waals surface area contributed by atoms with Crippen LogP contribution in [0.15, 0.2) is 4.99 Å². The van der Waals surface area contributed by atoms with Gasteiger partial charge in [0.1, 0.15) is 36.3 Å². The normalized spacial score (nSPS) is 19.9. The quantitative estimate of drug-likeness (QED) is 0.0219. The number of carbonyl (C=O) groups excluding carboxylic acids is 8. The number of aliphatic hydroxyl groups excluding tert-OH is 1. The lowest BCUT2D eigenvalue weighted by molar-refractivity contribution is -0.135. The maximum atomic E-state index is 14.4. The maximum Gasteiger partial charge on any atom is 0.243 e. The molecular weight excluding hydrogens is 991 g/mol. The zero-order valence-corrected chi connectivity index (χ0v) is 46.6. The summed E-state index contributed by atoms with van der Waals surface area (Å²) in [6, 6.07) is -6.87. The highest BCUT2D eigenvalue weighted by Gasteiger charge is 2.33. The van der Waals surface area contributed by atoms with Crippen LogP contribution in [0.25, 0.3) is 0 Å². The Morgan fingerprint density at radius 1 is 0.571 bits per heavy atom. The number of aliphatic hydroxyl groups is 1. The summed E-state index contributed by atoms with van der Waals surface area (Å²) in [4.78, 5) is 115. The first-order valence-electron chi connectivity index (χ1n) is 29.0. The standard InChI is InChI=1S/C53H103N15O9/c1-2-3-4-5-6-7-8-9-10-11-23-38(69)36-45(70)62-37-46(71)63-40(29-22-35-61-53(58)59)48(73)65-44-28-16-21-34-60-47(72)39(24-12-17-30-54)64-49(74)41(25-13-18-31-55)66-50(75)42(26-14-19-32-56)67-51(76)43(68-52(44)77)27-15-20-33-57/h38-44,69H,2-37,54-57H2,1H3,(H,60,72)(H,62,70)(H,63,71)(H,64,74)(H,65,73)(H,66,75)(H,67,76)(H,68,77)(H4,58,59,61)/t38-,39?,40+,41-,42-,43?,44?/m1/s1. The lowest BCUT2D eigenvalue weighted by atomic mass is 10.0. The summed E-state index contributed by atoms with van der Waals surface area (Å²) < 4.78 is 0. The molecule has 0 bridgehead atoms. The number of guanidine groups is 1. The summed E-state index contributed by atoms with van der Waals surface area (Å²) in [5.74, 6) is -5.22. The van der Waals surface area contributed by atoms with E-state index in [0.29, 0.717) is 90.4 Å². The first kappa shape index (κ1) is 69.8. The Morgan fingerprint density at radius 2 is 1.03 bits per heavy atom. The number of nitrogens with two attached hydrogens (primary N) is 6. The molecule has 0 radical (unpaired) electrons. The maximum absolute atomic E-state index is 14.4. The second-order valence-electron chi connectivity index (χ2n) is 20.4. The third-order valence-electron chi connectivity index (χ3n) is 13.5. The predicted molar refractivity (Wildman–Crippen MR) is 300 cm³/mol. The molecule has 0 saturated carbocycles. The van der Waals surface area contributed by atoms with E-state index in [1.165, 1.54) is 38.5 Å². The number of rotatable bonds is 38. The Hall–Kier alpha value is -5.17. The molecule has 1 heterocycles. The van der Waals surface area contributed by atoms with Crippen molar-refractivity contribution in [3.05, 3.63) is 0 Å². The van der Waals surface area contributed by atoms with Gasteiger partial charge >= 0.3 is 0 Å². The van der Waals surface area contributed by atoms with Crippen LogP contribution in [-0.2, 0) is 38.4 Å². The summed E-state index contributed by atoms with van der Waals surface area (Å²) in [5, 5.41) is 32.6. The summed E-state index contributed by atoms with van der Waals surface area (Å²) in [6.07, 6.45) is 16.6. The van der Waals surface area contributed by atoms with Crippen LogP contribution < -0.4 is 76.9 Å². The average Bonchev–Trinajstić information content (AvgIpc) is 3.39. The molecule has 0 aromatic rings. The molecule has 21 N–H and O–H groups in total. The summed E-state index contributed by atoms with van der Waals surface area (Å²) in [7, 11) is 0. The summed E-state index contributed by atoms with van der Waals surface area (Å²) in [6.45, 7) is 3.34. The third kappa shape index (κ3) is 34.4. The fourth-order valence-electron chi connectivity index (χ4n) is 8.94. The number of nitrogens with zero attached hydrogens (tertiary/aromatic N) is 1. The second-order valence-corrected chi connectivity index (χ2v) is 20.4. The van der Waals surface area contributed by atoms with Crippen LogP contribution in [0, 0.1) is 0 Å². The molecule has 7 atom stereocenters. The molecule has 0 aromatic heterocycles. The number of hydrogen-bond acceptors (Lipinski definition) is 14. The van der Waals surface area contributed by atoms with E-state index in [9.17, 15) is 43.5 Å². The lowest BCUT2D eigenvalue weighted by Gasteiger charge is -2.28. The SMILES string of the molecule is CCCCCCCCCCCC[C@@H](O)CC(=O)NCC(=O)N[C@@H](CCCN=C(N)N)C(=O)NC1CCCCNC(=O)C(CCCCN)NC(=O)[C@@H](CCCCN)NC(=O)[C@@H](CCCCN)NC(=O)C(CCCCN)NC1=O. The number of unbranched alkanes of at least 4 members (excludes halogenated alkanes) is 13. The van der Waals surface area contributed by atoms with E-state index in [-0.39, 0.29) is 76.8 Å². The van der Waals surface area contributed by atoms with Gasteiger partial charge in [-0.3, -0.25) is 43.3 Å². The number of nitrogens with one attached hydrogen (secondary N) is 8. The van der Waals surface area contributed by atoms with Gasteiger partial charge in [-0.1, -0.05) is 71.1 Å². The van der Waals surface area contributed by atoms with Gasteiger partial charge in [0, 0.05) is 13.1 Å². The predicted octanol–water partition coefficient (Wildman–Crippen LogP) is -0.0569. The van der Waals surface area contributed by atoms with Crippen LogP contribution in [0.5, 0.6) is 0 Å². The van der Waals surface area contributed by atoms with E-state index < -0.39 is 96.2 Å². The molecule has 1 fully saturated rings.